The van der Waals surface area contributed by atoms with Gasteiger partial charge in [0.15, 0.2) is 0 Å². The predicted molar refractivity (Wildman–Crippen MR) is 112 cm³/mol. The molecule has 1 aliphatic rings. The van der Waals surface area contributed by atoms with E-state index in [1.54, 1.807) is 31.5 Å². The molecule has 5 rings (SSSR count). The van der Waals surface area contributed by atoms with Gasteiger partial charge in [-0.2, -0.15) is 0 Å². The molecule has 0 atom stereocenters. The first kappa shape index (κ1) is 18.4. The molecule has 0 N–H and O–H groups in total. The fraction of sp³-hybridized carbons (Fsp3) is 0.167. The van der Waals surface area contributed by atoms with Crippen molar-refractivity contribution in [3.63, 3.8) is 0 Å². The summed E-state index contributed by atoms with van der Waals surface area (Å²) in [5.41, 5.74) is 4.62. The number of halogens is 1. The van der Waals surface area contributed by atoms with Crippen molar-refractivity contribution in [2.45, 2.75) is 19.9 Å². The highest BCUT2D eigenvalue weighted by Gasteiger charge is 2.24. The lowest BCUT2D eigenvalue weighted by Gasteiger charge is -2.29. The molecule has 30 heavy (non-hydrogen) atoms. The highest BCUT2D eigenvalue weighted by Crippen LogP contribution is 2.28. The van der Waals surface area contributed by atoms with Gasteiger partial charge in [0.25, 0.3) is 5.91 Å². The lowest BCUT2D eigenvalue weighted by atomic mass is 9.98. The molecule has 148 valence electrons. The molecule has 0 fully saturated rings. The van der Waals surface area contributed by atoms with E-state index in [2.05, 4.69) is 27.1 Å². The number of aromatic nitrogens is 3. The van der Waals surface area contributed by atoms with Crippen LogP contribution in [-0.2, 0) is 13.0 Å². The molecule has 0 unspecified atom stereocenters. The second-order valence-corrected chi connectivity index (χ2v) is 7.48. The molecule has 0 aliphatic carbocycles. The van der Waals surface area contributed by atoms with Gasteiger partial charge in [-0.3, -0.25) is 4.79 Å². The summed E-state index contributed by atoms with van der Waals surface area (Å²) in [6.45, 7) is 3.00. The molecule has 3 heterocycles. The van der Waals surface area contributed by atoms with Crippen LogP contribution < -0.4 is 0 Å². The average Bonchev–Trinajstić information content (AvgIpc) is 2.77. The van der Waals surface area contributed by atoms with Crippen molar-refractivity contribution in [3.05, 3.63) is 89.3 Å². The van der Waals surface area contributed by atoms with Crippen LogP contribution in [0.4, 0.5) is 4.39 Å². The number of benzene rings is 2. The number of hydrogen-bond acceptors (Lipinski definition) is 4. The number of nitrogens with zero attached hydrogens (tertiary/aromatic N) is 4. The zero-order chi connectivity index (χ0) is 20.7. The van der Waals surface area contributed by atoms with Crippen LogP contribution in [0.15, 0.2) is 60.9 Å². The van der Waals surface area contributed by atoms with Gasteiger partial charge < -0.3 is 4.90 Å². The summed E-state index contributed by atoms with van der Waals surface area (Å²) in [7, 11) is 0. The topological polar surface area (TPSA) is 59.0 Å². The van der Waals surface area contributed by atoms with Gasteiger partial charge in [-0.05, 0) is 42.7 Å². The Morgan fingerprint density at radius 3 is 2.60 bits per heavy atom. The van der Waals surface area contributed by atoms with Gasteiger partial charge in [0, 0.05) is 42.5 Å². The minimum Gasteiger partial charge on any atom is -0.334 e. The third kappa shape index (κ3) is 3.30. The second-order valence-electron chi connectivity index (χ2n) is 7.48. The first-order valence-electron chi connectivity index (χ1n) is 9.84. The Morgan fingerprint density at radius 1 is 1.03 bits per heavy atom. The van der Waals surface area contributed by atoms with E-state index >= 15 is 0 Å². The lowest BCUT2D eigenvalue weighted by Crippen LogP contribution is -2.36. The summed E-state index contributed by atoms with van der Waals surface area (Å²) in [6.07, 6.45) is 4.15. The number of fused-ring (bicyclic) bond motifs is 2. The van der Waals surface area contributed by atoms with Crippen molar-refractivity contribution < 1.29 is 9.18 Å². The SMILES string of the molecule is Cc1ncc(-c2cc(C(=O)N3CCc4ccccc4C3)c3ccc(F)cc3n2)cn1. The molecule has 4 aromatic rings. The summed E-state index contributed by atoms with van der Waals surface area (Å²) in [6, 6.07) is 14.3. The standard InChI is InChI=1S/C24H19FN4O/c1-15-26-12-18(13-27-15)22-11-21(20-7-6-19(25)10-23(20)28-22)24(30)29-9-8-16-4-2-3-5-17(16)14-29/h2-7,10-13H,8-9,14H2,1H3. The molecule has 0 saturated carbocycles. The van der Waals surface area contributed by atoms with Crippen LogP contribution in [0.1, 0.15) is 27.3 Å². The molecule has 1 amide bonds. The third-order valence-electron chi connectivity index (χ3n) is 5.50. The first-order valence-corrected chi connectivity index (χ1v) is 9.84. The van der Waals surface area contributed by atoms with E-state index in [1.807, 2.05) is 17.0 Å². The Hall–Kier alpha value is -3.67. The van der Waals surface area contributed by atoms with Crippen LogP contribution in [0.3, 0.4) is 0 Å². The monoisotopic (exact) mass is 398 g/mol. The van der Waals surface area contributed by atoms with Crippen molar-refractivity contribution in [2.75, 3.05) is 6.54 Å². The van der Waals surface area contributed by atoms with Crippen LogP contribution >= 0.6 is 0 Å². The molecule has 2 aromatic heterocycles. The number of carbonyl (C=O) groups is 1. The van der Waals surface area contributed by atoms with Gasteiger partial charge in [0.05, 0.1) is 16.8 Å². The Balaban J connectivity index is 1.60. The molecule has 1 aliphatic heterocycles. The molecular formula is C24H19FN4O. The summed E-state index contributed by atoms with van der Waals surface area (Å²) in [4.78, 5) is 28.4. The van der Waals surface area contributed by atoms with Gasteiger partial charge >= 0.3 is 0 Å². The number of pyridine rings is 1. The minimum absolute atomic E-state index is 0.0854. The number of aryl methyl sites for hydroxylation is 1. The number of carbonyl (C=O) groups excluding carboxylic acids is 1. The zero-order valence-corrected chi connectivity index (χ0v) is 16.5. The normalized spacial score (nSPS) is 13.3. The summed E-state index contributed by atoms with van der Waals surface area (Å²) >= 11 is 0. The number of rotatable bonds is 2. The molecule has 0 bridgehead atoms. The van der Waals surface area contributed by atoms with E-state index in [0.29, 0.717) is 46.6 Å². The minimum atomic E-state index is -0.391. The molecule has 0 saturated heterocycles. The molecular weight excluding hydrogens is 379 g/mol. The highest BCUT2D eigenvalue weighted by molar-refractivity contribution is 6.07. The summed E-state index contributed by atoms with van der Waals surface area (Å²) < 4.78 is 13.9. The van der Waals surface area contributed by atoms with Crippen LogP contribution in [-0.4, -0.2) is 32.3 Å². The van der Waals surface area contributed by atoms with E-state index in [-0.39, 0.29) is 5.91 Å². The van der Waals surface area contributed by atoms with E-state index in [0.717, 1.165) is 12.0 Å². The maximum atomic E-state index is 13.9. The van der Waals surface area contributed by atoms with Crippen molar-refractivity contribution >= 4 is 16.8 Å². The van der Waals surface area contributed by atoms with Crippen LogP contribution in [0.2, 0.25) is 0 Å². The average molecular weight is 398 g/mol. The van der Waals surface area contributed by atoms with Crippen LogP contribution in [0.25, 0.3) is 22.2 Å². The number of hydrogen-bond donors (Lipinski definition) is 0. The van der Waals surface area contributed by atoms with Gasteiger partial charge in [-0.1, -0.05) is 24.3 Å². The Morgan fingerprint density at radius 2 is 1.80 bits per heavy atom. The van der Waals surface area contributed by atoms with E-state index < -0.39 is 5.82 Å². The fourth-order valence-corrected chi connectivity index (χ4v) is 3.89. The van der Waals surface area contributed by atoms with Gasteiger partial charge in [-0.15, -0.1) is 0 Å². The molecule has 0 radical (unpaired) electrons. The Labute approximate surface area is 173 Å². The quantitative estimate of drug-likeness (QED) is 0.504. The first-order chi connectivity index (χ1) is 14.6. The maximum Gasteiger partial charge on any atom is 0.254 e. The molecule has 5 nitrogen and oxygen atoms in total. The van der Waals surface area contributed by atoms with Crippen LogP contribution in [0, 0.1) is 12.7 Å². The Kier molecular flexibility index (Phi) is 4.47. The van der Waals surface area contributed by atoms with Gasteiger partial charge in [-0.25, -0.2) is 19.3 Å². The van der Waals surface area contributed by atoms with Crippen molar-refractivity contribution in [2.24, 2.45) is 0 Å². The zero-order valence-electron chi connectivity index (χ0n) is 16.5. The van der Waals surface area contributed by atoms with E-state index in [1.165, 1.54) is 17.7 Å². The van der Waals surface area contributed by atoms with Gasteiger partial charge in [0.2, 0.25) is 0 Å². The van der Waals surface area contributed by atoms with Gasteiger partial charge in [0.1, 0.15) is 11.6 Å². The van der Waals surface area contributed by atoms with Crippen molar-refractivity contribution in [1.82, 2.24) is 19.9 Å². The van der Waals surface area contributed by atoms with Crippen molar-refractivity contribution in [1.29, 1.82) is 0 Å². The molecule has 6 heteroatoms. The highest BCUT2D eigenvalue weighted by atomic mass is 19.1. The summed E-state index contributed by atoms with van der Waals surface area (Å²) in [5, 5.41) is 0.636. The predicted octanol–water partition coefficient (Wildman–Crippen LogP) is 4.34. The smallest absolute Gasteiger partial charge is 0.254 e. The van der Waals surface area contributed by atoms with Crippen molar-refractivity contribution in [3.8, 4) is 11.3 Å². The largest absolute Gasteiger partial charge is 0.334 e. The Bertz CT molecular complexity index is 1270. The molecule has 0 spiro atoms. The van der Waals surface area contributed by atoms with Crippen LogP contribution in [0.5, 0.6) is 0 Å². The third-order valence-corrected chi connectivity index (χ3v) is 5.50. The maximum absolute atomic E-state index is 13.9. The fourth-order valence-electron chi connectivity index (χ4n) is 3.89. The lowest BCUT2D eigenvalue weighted by molar-refractivity contribution is 0.0736. The van der Waals surface area contributed by atoms with E-state index in [4.69, 9.17) is 0 Å². The summed E-state index contributed by atoms with van der Waals surface area (Å²) in [5.74, 6) is 0.171. The number of amides is 1. The van der Waals surface area contributed by atoms with E-state index in [9.17, 15) is 9.18 Å². The second kappa shape index (κ2) is 7.30. The molecule has 2 aromatic carbocycles.